The van der Waals surface area contributed by atoms with Gasteiger partial charge in [-0.15, -0.1) is 35.3 Å². The Kier molecular flexibility index (Phi) is 12.5. The van der Waals surface area contributed by atoms with E-state index in [0.29, 0.717) is 41.1 Å². The van der Waals surface area contributed by atoms with Gasteiger partial charge < -0.3 is 30.1 Å². The zero-order valence-electron chi connectivity index (χ0n) is 32.0. The minimum Gasteiger partial charge on any atom is -0.383 e. The minimum atomic E-state index is -4.78. The molecule has 9 rings (SSSR count). The molecular formula is C39H30F12N6O3S3. The van der Waals surface area contributed by atoms with Gasteiger partial charge >= 0.3 is 24.7 Å². The molecule has 0 bridgehead atoms. The lowest BCUT2D eigenvalue weighted by Crippen LogP contribution is -2.37. The van der Waals surface area contributed by atoms with Crippen LogP contribution < -0.4 is 31.8 Å². The van der Waals surface area contributed by atoms with Crippen molar-refractivity contribution >= 4 is 85.1 Å². The van der Waals surface area contributed by atoms with Crippen LogP contribution in [0.3, 0.4) is 0 Å². The third-order valence-electron chi connectivity index (χ3n) is 9.80. The highest BCUT2D eigenvalue weighted by Crippen LogP contribution is 2.43. The normalized spacial score (nSPS) is 15.4. The smallest absolute Gasteiger partial charge is 0.383 e. The van der Waals surface area contributed by atoms with E-state index in [-0.39, 0.29) is 44.9 Å². The van der Waals surface area contributed by atoms with Gasteiger partial charge in [0.05, 0.1) is 44.6 Å². The Labute approximate surface area is 359 Å². The number of H-pyrrole nitrogens is 3. The summed E-state index contributed by atoms with van der Waals surface area (Å²) in [6, 6.07) is 10.2. The van der Waals surface area contributed by atoms with E-state index in [0.717, 1.165) is 44.5 Å². The number of aromatic nitrogens is 3. The van der Waals surface area contributed by atoms with Gasteiger partial charge in [0, 0.05) is 98.7 Å². The van der Waals surface area contributed by atoms with Crippen LogP contribution in [0.25, 0.3) is 32.7 Å². The van der Waals surface area contributed by atoms with Gasteiger partial charge in [-0.3, -0.25) is 14.4 Å². The molecule has 6 aromatic rings. The topological polar surface area (TPSA) is 117 Å². The van der Waals surface area contributed by atoms with Crippen molar-refractivity contribution in [3.8, 4) is 0 Å². The first-order chi connectivity index (χ1) is 29.4. The molecular weight excluding hydrogens is 925 g/mol. The number of hydrogen-bond donors (Lipinski definition) is 4. The van der Waals surface area contributed by atoms with Crippen molar-refractivity contribution in [2.45, 2.75) is 39.4 Å². The van der Waals surface area contributed by atoms with E-state index in [1.54, 1.807) is 35.7 Å². The second-order valence-corrected chi connectivity index (χ2v) is 17.6. The lowest BCUT2D eigenvalue weighted by Gasteiger charge is -2.32. The van der Waals surface area contributed by atoms with E-state index < -0.39 is 64.6 Å². The molecule has 3 aliphatic heterocycles. The summed E-state index contributed by atoms with van der Waals surface area (Å²) in [5, 5.41) is 2.79. The van der Waals surface area contributed by atoms with Crippen LogP contribution in [0.2, 0.25) is 0 Å². The van der Waals surface area contributed by atoms with Crippen LogP contribution in [0.1, 0.15) is 16.7 Å². The molecule has 3 aliphatic rings. The number of thioether (sulfide) groups is 3. The van der Waals surface area contributed by atoms with Gasteiger partial charge in [-0.25, -0.2) is 0 Å². The Balaban J connectivity index is 0.000000143. The van der Waals surface area contributed by atoms with Gasteiger partial charge in [0.1, 0.15) is 6.54 Å². The van der Waals surface area contributed by atoms with Gasteiger partial charge in [-0.05, 0) is 36.4 Å². The van der Waals surface area contributed by atoms with Crippen LogP contribution in [0.5, 0.6) is 0 Å². The average Bonchev–Trinajstić information content (AvgIpc) is 3.17. The molecule has 0 atom stereocenters. The Morgan fingerprint density at radius 1 is 0.524 bits per heavy atom. The molecule has 0 unspecified atom stereocenters. The number of alkyl halides is 12. The van der Waals surface area contributed by atoms with E-state index >= 15 is 0 Å². The molecule has 0 saturated carbocycles. The maximum absolute atomic E-state index is 13.1. The maximum Gasteiger partial charge on any atom is 0.417 e. The second kappa shape index (κ2) is 17.1. The van der Waals surface area contributed by atoms with Crippen molar-refractivity contribution in [1.82, 2.24) is 15.0 Å². The van der Waals surface area contributed by atoms with Gasteiger partial charge in [0.25, 0.3) is 0 Å². The summed E-state index contributed by atoms with van der Waals surface area (Å²) < 4.78 is 156. The van der Waals surface area contributed by atoms with Crippen molar-refractivity contribution in [2.24, 2.45) is 0 Å². The zero-order valence-corrected chi connectivity index (χ0v) is 34.5. The highest BCUT2D eigenvalue weighted by atomic mass is 32.2. The molecule has 0 aliphatic carbocycles. The third kappa shape index (κ3) is 10.3. The van der Waals surface area contributed by atoms with Crippen molar-refractivity contribution < 1.29 is 52.7 Å². The number of fused-ring (bicyclic) bond motifs is 6. The molecule has 63 heavy (non-hydrogen) atoms. The third-order valence-corrected chi connectivity index (χ3v) is 12.9. The fourth-order valence-electron chi connectivity index (χ4n) is 7.09. The number of anilines is 3. The molecule has 9 nitrogen and oxygen atoms in total. The fraction of sp³-hybridized carbons (Fsp3) is 0.308. The summed E-state index contributed by atoms with van der Waals surface area (Å²) in [5.41, 5.74) is -3.39. The predicted octanol–water partition coefficient (Wildman–Crippen LogP) is 10.2. The number of hydrogen-bond acceptors (Lipinski definition) is 9. The van der Waals surface area contributed by atoms with Crippen molar-refractivity contribution in [2.75, 3.05) is 65.6 Å². The average molecular weight is 955 g/mol. The summed E-state index contributed by atoms with van der Waals surface area (Å²) in [7, 11) is 1.85. The number of nitrogens with one attached hydrogen (secondary N) is 4. The molecule has 0 amide bonds. The molecule has 0 saturated heterocycles. The number of rotatable bonds is 1. The summed E-state index contributed by atoms with van der Waals surface area (Å²) in [4.78, 5) is 46.5. The van der Waals surface area contributed by atoms with Crippen LogP contribution in [-0.2, 0) is 18.5 Å². The van der Waals surface area contributed by atoms with Gasteiger partial charge in [0.15, 0.2) is 0 Å². The number of nitrogens with zero attached hydrogens (tertiary/aromatic N) is 2. The summed E-state index contributed by atoms with van der Waals surface area (Å²) in [6.45, 7) is 0.339. The predicted molar refractivity (Wildman–Crippen MR) is 221 cm³/mol. The first kappa shape index (κ1) is 45.9. The van der Waals surface area contributed by atoms with Crippen LogP contribution in [0.4, 0.5) is 69.7 Å². The number of aromatic amines is 3. The lowest BCUT2D eigenvalue weighted by atomic mass is 10.1. The van der Waals surface area contributed by atoms with E-state index in [4.69, 9.17) is 0 Å². The highest BCUT2D eigenvalue weighted by Gasteiger charge is 2.37. The quantitative estimate of drug-likeness (QED) is 0.120. The molecule has 3 aromatic carbocycles. The van der Waals surface area contributed by atoms with E-state index in [9.17, 15) is 67.1 Å². The fourth-order valence-corrected chi connectivity index (χ4v) is 10.2. The Morgan fingerprint density at radius 2 is 0.937 bits per heavy atom. The largest absolute Gasteiger partial charge is 0.417 e. The Morgan fingerprint density at radius 3 is 1.41 bits per heavy atom. The van der Waals surface area contributed by atoms with E-state index in [1.807, 2.05) is 11.9 Å². The monoisotopic (exact) mass is 954 g/mol. The molecule has 0 radical (unpaired) electrons. The van der Waals surface area contributed by atoms with Crippen molar-refractivity contribution in [3.05, 3.63) is 102 Å². The van der Waals surface area contributed by atoms with Crippen LogP contribution in [0.15, 0.2) is 83.7 Å². The van der Waals surface area contributed by atoms with Gasteiger partial charge in [0.2, 0.25) is 16.7 Å². The van der Waals surface area contributed by atoms with Gasteiger partial charge in [-0.2, -0.15) is 52.7 Å². The summed E-state index contributed by atoms with van der Waals surface area (Å²) >= 11 is 4.38. The summed E-state index contributed by atoms with van der Waals surface area (Å²) in [6.07, 6.45) is -18.3. The molecule has 336 valence electrons. The van der Waals surface area contributed by atoms with Crippen LogP contribution in [-0.4, -0.2) is 71.6 Å². The van der Waals surface area contributed by atoms with E-state index in [2.05, 4.69) is 20.3 Å². The van der Waals surface area contributed by atoms with Crippen LogP contribution >= 0.6 is 35.3 Å². The number of benzene rings is 3. The zero-order chi connectivity index (χ0) is 45.8. The standard InChI is InChI=1S/C14H10F6N2OS.C13H11F3N2OS.C12H9F3N2OS/c15-13(16,17)6-22-1-2-24-11-5-9-7(3-10(11)22)8(14(18,19)20)4-12(23)21-9;1-18-2-3-20-11-6-9-7(4-10(11)18)8(13(14,15)16)5-12(19)17-9;13-12(14,15)7-4-11(18)17-8-5-10-9(3-6(7)8)16-1-2-19-10/h3-5H,1-2,6H2,(H,21,23);4-6H,2-3H2,1H3,(H,17,19);3-5,16H,1-2H2,(H,17,18). The molecule has 3 aromatic heterocycles. The maximum atomic E-state index is 13.1. The molecule has 4 N–H and O–H groups in total. The molecule has 24 heteroatoms. The summed E-state index contributed by atoms with van der Waals surface area (Å²) in [5.74, 6) is 2.09. The Bertz CT molecular complexity index is 2910. The molecule has 0 fully saturated rings. The minimum absolute atomic E-state index is 0.0147. The number of pyridine rings is 3. The SMILES string of the molecule is CN1CCSc2cc3[nH]c(=O)cc(C(F)(F)F)c3cc21.O=c1cc(C(F)(F)F)c2cc3c(cc2[nH]1)SCCN3.O=c1cc(C(F)(F)F)c2cc3c(cc2[nH]1)SCCN3CC(F)(F)F. The lowest BCUT2D eigenvalue weighted by molar-refractivity contribution is -0.137. The van der Waals surface area contributed by atoms with Crippen LogP contribution in [0, 0.1) is 0 Å². The van der Waals surface area contributed by atoms with Crippen molar-refractivity contribution in [3.63, 3.8) is 0 Å². The number of halogens is 12. The first-order valence-electron chi connectivity index (χ1n) is 18.4. The second-order valence-electron chi connectivity index (χ2n) is 14.2. The first-order valence-corrected chi connectivity index (χ1v) is 21.3. The Hall–Kier alpha value is -5.10. The van der Waals surface area contributed by atoms with Crippen molar-refractivity contribution in [1.29, 1.82) is 0 Å². The molecule has 6 heterocycles. The highest BCUT2D eigenvalue weighted by molar-refractivity contribution is 8.00. The van der Waals surface area contributed by atoms with E-state index in [1.165, 1.54) is 30.0 Å². The molecule has 0 spiro atoms. The van der Waals surface area contributed by atoms with Gasteiger partial charge in [-0.1, -0.05) is 0 Å².